The molecule has 1 amide bonds. The second kappa shape index (κ2) is 8.79. The molecule has 0 fully saturated rings. The number of hydrogen-bond donors (Lipinski definition) is 1. The molecule has 120 valence electrons. The molecule has 0 aromatic heterocycles. The normalized spacial score (nSPS) is 10.7. The highest BCUT2D eigenvalue weighted by atomic mass is 16.1. The van der Waals surface area contributed by atoms with E-state index in [2.05, 4.69) is 48.3 Å². The number of anilines is 1. The van der Waals surface area contributed by atoms with Crippen molar-refractivity contribution in [3.63, 3.8) is 0 Å². The molecule has 23 heavy (non-hydrogen) atoms. The number of benzene rings is 2. The Morgan fingerprint density at radius 3 is 2.26 bits per heavy atom. The Morgan fingerprint density at radius 2 is 1.65 bits per heavy atom. The first-order chi connectivity index (χ1) is 11.2. The molecule has 0 aliphatic carbocycles. The van der Waals surface area contributed by atoms with Crippen molar-refractivity contribution in [1.29, 1.82) is 0 Å². The van der Waals surface area contributed by atoms with Crippen molar-refractivity contribution in [2.24, 2.45) is 0 Å². The van der Waals surface area contributed by atoms with Crippen LogP contribution in [-0.2, 0) is 11.3 Å². The van der Waals surface area contributed by atoms with Crippen LogP contribution in [0, 0.1) is 0 Å². The third-order valence-electron chi connectivity index (χ3n) is 3.76. The van der Waals surface area contributed by atoms with Gasteiger partial charge in [-0.1, -0.05) is 42.5 Å². The molecule has 0 unspecified atom stereocenters. The molecule has 3 nitrogen and oxygen atoms in total. The van der Waals surface area contributed by atoms with Crippen molar-refractivity contribution in [3.05, 3.63) is 71.8 Å². The predicted octanol–water partition coefficient (Wildman–Crippen LogP) is 3.86. The minimum Gasteiger partial charge on any atom is -0.372 e. The van der Waals surface area contributed by atoms with Gasteiger partial charge in [0.05, 0.1) is 0 Å². The van der Waals surface area contributed by atoms with Gasteiger partial charge in [0.2, 0.25) is 5.91 Å². The zero-order valence-corrected chi connectivity index (χ0v) is 13.8. The van der Waals surface area contributed by atoms with Crippen molar-refractivity contribution >= 4 is 17.7 Å². The smallest absolute Gasteiger partial charge is 0.244 e. The summed E-state index contributed by atoms with van der Waals surface area (Å²) in [6, 6.07) is 18.1. The van der Waals surface area contributed by atoms with E-state index in [0.717, 1.165) is 24.2 Å². The van der Waals surface area contributed by atoms with Gasteiger partial charge in [0.15, 0.2) is 0 Å². The number of carbonyl (C=O) groups excluding carboxylic acids is 1. The summed E-state index contributed by atoms with van der Waals surface area (Å²) < 4.78 is 0. The number of rotatable bonds is 7. The largest absolute Gasteiger partial charge is 0.372 e. The molecule has 0 aliphatic heterocycles. The molecule has 0 heterocycles. The molecule has 0 atom stereocenters. The van der Waals surface area contributed by atoms with E-state index in [1.807, 2.05) is 36.4 Å². The predicted molar refractivity (Wildman–Crippen MR) is 97.3 cm³/mol. The molecule has 3 heteroatoms. The zero-order valence-electron chi connectivity index (χ0n) is 13.8. The van der Waals surface area contributed by atoms with Gasteiger partial charge < -0.3 is 10.2 Å². The SMILES string of the molecule is CCN(CC)c1ccc(CNC(=O)/C=C/c2ccccc2)cc1. The highest BCUT2D eigenvalue weighted by Crippen LogP contribution is 2.14. The molecule has 0 aliphatic rings. The minimum absolute atomic E-state index is 0.0818. The van der Waals surface area contributed by atoms with E-state index in [9.17, 15) is 4.79 Å². The standard InChI is InChI=1S/C20H24N2O/c1-3-22(4-2)19-13-10-18(11-14-19)16-21-20(23)15-12-17-8-6-5-7-9-17/h5-15H,3-4,16H2,1-2H3,(H,21,23)/b15-12+. The number of nitrogens with zero attached hydrogens (tertiary/aromatic N) is 1. The maximum Gasteiger partial charge on any atom is 0.244 e. The lowest BCUT2D eigenvalue weighted by atomic mass is 10.2. The molecule has 2 aromatic carbocycles. The van der Waals surface area contributed by atoms with Crippen LogP contribution in [0.2, 0.25) is 0 Å². The Labute approximate surface area is 138 Å². The first-order valence-corrected chi connectivity index (χ1v) is 8.07. The average molecular weight is 308 g/mol. The summed E-state index contributed by atoms with van der Waals surface area (Å²) in [7, 11) is 0. The van der Waals surface area contributed by atoms with Gasteiger partial charge in [-0.05, 0) is 43.2 Å². The van der Waals surface area contributed by atoms with E-state index in [4.69, 9.17) is 0 Å². The first kappa shape index (κ1) is 16.8. The van der Waals surface area contributed by atoms with Gasteiger partial charge in [-0.15, -0.1) is 0 Å². The second-order valence-corrected chi connectivity index (χ2v) is 5.30. The third kappa shape index (κ3) is 5.29. The molecule has 0 saturated carbocycles. The van der Waals surface area contributed by atoms with Crippen molar-refractivity contribution in [3.8, 4) is 0 Å². The summed E-state index contributed by atoms with van der Waals surface area (Å²) in [5.74, 6) is -0.0818. The number of amides is 1. The van der Waals surface area contributed by atoms with Crippen LogP contribution in [0.5, 0.6) is 0 Å². The van der Waals surface area contributed by atoms with Crippen molar-refractivity contribution < 1.29 is 4.79 Å². The summed E-state index contributed by atoms with van der Waals surface area (Å²) >= 11 is 0. The molecular weight excluding hydrogens is 284 g/mol. The van der Waals surface area contributed by atoms with Crippen LogP contribution < -0.4 is 10.2 Å². The molecule has 0 bridgehead atoms. The summed E-state index contributed by atoms with van der Waals surface area (Å²) in [5, 5.41) is 2.91. The van der Waals surface area contributed by atoms with Crippen molar-refractivity contribution in [1.82, 2.24) is 5.32 Å². The lowest BCUT2D eigenvalue weighted by Crippen LogP contribution is -2.22. The van der Waals surface area contributed by atoms with E-state index in [-0.39, 0.29) is 5.91 Å². The summed E-state index contributed by atoms with van der Waals surface area (Å²) in [6.45, 7) is 6.83. The van der Waals surface area contributed by atoms with Gasteiger partial charge in [0.1, 0.15) is 0 Å². The number of hydrogen-bond acceptors (Lipinski definition) is 2. The third-order valence-corrected chi connectivity index (χ3v) is 3.76. The van der Waals surface area contributed by atoms with Crippen molar-refractivity contribution in [2.75, 3.05) is 18.0 Å². The first-order valence-electron chi connectivity index (χ1n) is 8.07. The molecule has 1 N–H and O–H groups in total. The highest BCUT2D eigenvalue weighted by molar-refractivity contribution is 5.91. The molecular formula is C20H24N2O. The van der Waals surface area contributed by atoms with Gasteiger partial charge in [-0.2, -0.15) is 0 Å². The fourth-order valence-electron chi connectivity index (χ4n) is 2.40. The van der Waals surface area contributed by atoms with E-state index in [1.54, 1.807) is 6.08 Å². The van der Waals surface area contributed by atoms with Gasteiger partial charge in [0, 0.05) is 31.4 Å². The van der Waals surface area contributed by atoms with Crippen LogP contribution in [0.3, 0.4) is 0 Å². The number of nitrogens with one attached hydrogen (secondary N) is 1. The molecule has 0 saturated heterocycles. The van der Waals surface area contributed by atoms with Gasteiger partial charge in [-0.3, -0.25) is 4.79 Å². The Hall–Kier alpha value is -2.55. The van der Waals surface area contributed by atoms with Crippen LogP contribution in [0.1, 0.15) is 25.0 Å². The lowest BCUT2D eigenvalue weighted by Gasteiger charge is -2.21. The Balaban J connectivity index is 1.86. The van der Waals surface area contributed by atoms with Crippen LogP contribution in [-0.4, -0.2) is 19.0 Å². The van der Waals surface area contributed by atoms with Crippen LogP contribution in [0.4, 0.5) is 5.69 Å². The summed E-state index contributed by atoms with van der Waals surface area (Å²) in [6.07, 6.45) is 3.39. The van der Waals surface area contributed by atoms with E-state index in [1.165, 1.54) is 5.69 Å². The monoisotopic (exact) mass is 308 g/mol. The van der Waals surface area contributed by atoms with E-state index in [0.29, 0.717) is 6.54 Å². The fraction of sp³-hybridized carbons (Fsp3) is 0.250. The van der Waals surface area contributed by atoms with Crippen molar-refractivity contribution in [2.45, 2.75) is 20.4 Å². The van der Waals surface area contributed by atoms with E-state index >= 15 is 0 Å². The van der Waals surface area contributed by atoms with Crippen LogP contribution in [0.25, 0.3) is 6.08 Å². The van der Waals surface area contributed by atoms with Crippen LogP contribution in [0.15, 0.2) is 60.7 Å². The zero-order chi connectivity index (χ0) is 16.5. The average Bonchev–Trinajstić information content (AvgIpc) is 2.61. The highest BCUT2D eigenvalue weighted by Gasteiger charge is 2.02. The molecule has 2 aromatic rings. The molecule has 2 rings (SSSR count). The quantitative estimate of drug-likeness (QED) is 0.788. The van der Waals surface area contributed by atoms with E-state index < -0.39 is 0 Å². The second-order valence-electron chi connectivity index (χ2n) is 5.30. The van der Waals surface area contributed by atoms with Crippen LogP contribution >= 0.6 is 0 Å². The Kier molecular flexibility index (Phi) is 6.42. The number of carbonyl (C=O) groups is 1. The maximum absolute atomic E-state index is 11.9. The summed E-state index contributed by atoms with van der Waals surface area (Å²) in [5.41, 5.74) is 3.34. The Bertz CT molecular complexity index is 628. The summed E-state index contributed by atoms with van der Waals surface area (Å²) in [4.78, 5) is 14.1. The Morgan fingerprint density at radius 1 is 1.00 bits per heavy atom. The van der Waals surface area contributed by atoms with Gasteiger partial charge in [-0.25, -0.2) is 0 Å². The fourth-order valence-corrected chi connectivity index (χ4v) is 2.40. The lowest BCUT2D eigenvalue weighted by molar-refractivity contribution is -0.116. The molecule has 0 spiro atoms. The van der Waals surface area contributed by atoms with Gasteiger partial charge in [0.25, 0.3) is 0 Å². The minimum atomic E-state index is -0.0818. The molecule has 0 radical (unpaired) electrons. The van der Waals surface area contributed by atoms with Gasteiger partial charge >= 0.3 is 0 Å². The topological polar surface area (TPSA) is 32.3 Å². The maximum atomic E-state index is 11.9.